The van der Waals surface area contributed by atoms with E-state index in [1.807, 2.05) is 30.3 Å². The molecule has 0 radical (unpaired) electrons. The average molecular weight is 255 g/mol. The fourth-order valence-electron chi connectivity index (χ4n) is 1.73. The van der Waals surface area contributed by atoms with Crippen molar-refractivity contribution in [3.05, 3.63) is 54.3 Å². The number of aromatic nitrogens is 4. The molecule has 0 aliphatic heterocycles. The summed E-state index contributed by atoms with van der Waals surface area (Å²) < 4.78 is 13.0. The lowest BCUT2D eigenvalue weighted by Gasteiger charge is -2.02. The fraction of sp³-hybridized carbons (Fsp3) is 0. The Morgan fingerprint density at radius 1 is 1.05 bits per heavy atom. The van der Waals surface area contributed by atoms with Gasteiger partial charge >= 0.3 is 0 Å². The van der Waals surface area contributed by atoms with E-state index in [0.717, 1.165) is 5.56 Å². The minimum Gasteiger partial charge on any atom is -0.397 e. The van der Waals surface area contributed by atoms with E-state index in [2.05, 4.69) is 15.4 Å². The first-order valence-corrected chi connectivity index (χ1v) is 5.65. The third-order valence-corrected chi connectivity index (χ3v) is 2.65. The summed E-state index contributed by atoms with van der Waals surface area (Å²) in [6, 6.07) is 13.5. The lowest BCUT2D eigenvalue weighted by atomic mass is 10.2. The number of halogens is 1. The number of rotatable bonds is 2. The molecule has 0 fully saturated rings. The van der Waals surface area contributed by atoms with Crippen molar-refractivity contribution in [1.82, 2.24) is 20.2 Å². The van der Waals surface area contributed by atoms with Gasteiger partial charge in [0, 0.05) is 5.56 Å². The Hall–Kier alpha value is -2.76. The van der Waals surface area contributed by atoms with Crippen LogP contribution in [0.3, 0.4) is 0 Å². The summed E-state index contributed by atoms with van der Waals surface area (Å²) in [5.74, 6) is 0.0916. The molecule has 0 aliphatic carbocycles. The number of nitrogens with zero attached hydrogens (tertiary/aromatic N) is 4. The maximum atomic E-state index is 13.0. The first-order chi connectivity index (χ1) is 9.24. The summed E-state index contributed by atoms with van der Waals surface area (Å²) in [7, 11) is 0. The maximum Gasteiger partial charge on any atom is 0.205 e. The predicted octanol–water partition coefficient (Wildman–Crippen LogP) is 2.05. The third kappa shape index (κ3) is 2.15. The summed E-state index contributed by atoms with van der Waals surface area (Å²) >= 11 is 0. The van der Waals surface area contributed by atoms with Crippen LogP contribution in [-0.2, 0) is 0 Å². The van der Waals surface area contributed by atoms with E-state index in [1.165, 1.54) is 23.0 Å². The van der Waals surface area contributed by atoms with E-state index in [4.69, 9.17) is 5.73 Å². The van der Waals surface area contributed by atoms with Crippen LogP contribution in [0.5, 0.6) is 0 Å². The second-order valence-corrected chi connectivity index (χ2v) is 3.97. The van der Waals surface area contributed by atoms with Crippen molar-refractivity contribution in [2.75, 3.05) is 5.73 Å². The quantitative estimate of drug-likeness (QED) is 0.711. The van der Waals surface area contributed by atoms with Crippen LogP contribution < -0.4 is 5.73 Å². The molecule has 0 unspecified atom stereocenters. The van der Waals surface area contributed by atoms with Gasteiger partial charge in [0.15, 0.2) is 0 Å². The highest BCUT2D eigenvalue weighted by Gasteiger charge is 2.09. The molecule has 0 spiro atoms. The summed E-state index contributed by atoms with van der Waals surface area (Å²) in [5.41, 5.74) is 7.35. The number of benzene rings is 2. The highest BCUT2D eigenvalue weighted by Crippen LogP contribution is 2.18. The molecule has 2 aromatic carbocycles. The Kier molecular flexibility index (Phi) is 2.68. The summed E-state index contributed by atoms with van der Waals surface area (Å²) in [5, 5.41) is 12.1. The standard InChI is InChI=1S/C13H10FN5/c14-10-6-7-12(11(15)8-10)19-17-13(16-18-19)9-4-2-1-3-5-9/h1-8H,15H2. The molecule has 2 N–H and O–H groups in total. The van der Waals surface area contributed by atoms with Crippen LogP contribution >= 0.6 is 0 Å². The van der Waals surface area contributed by atoms with Gasteiger partial charge in [0.1, 0.15) is 11.5 Å². The van der Waals surface area contributed by atoms with Gasteiger partial charge in [-0.25, -0.2) is 4.39 Å². The van der Waals surface area contributed by atoms with Crippen molar-refractivity contribution in [2.24, 2.45) is 0 Å². The lowest BCUT2D eigenvalue weighted by molar-refractivity contribution is 0.626. The van der Waals surface area contributed by atoms with Crippen LogP contribution in [0.25, 0.3) is 17.1 Å². The molecule has 1 heterocycles. The predicted molar refractivity (Wildman–Crippen MR) is 69.0 cm³/mol. The minimum absolute atomic E-state index is 0.261. The minimum atomic E-state index is -0.398. The first kappa shape index (κ1) is 11.3. The summed E-state index contributed by atoms with van der Waals surface area (Å²) in [6.07, 6.45) is 0. The van der Waals surface area contributed by atoms with Crippen LogP contribution in [0.15, 0.2) is 48.5 Å². The van der Waals surface area contributed by atoms with Gasteiger partial charge in [-0.1, -0.05) is 30.3 Å². The van der Waals surface area contributed by atoms with Crippen molar-refractivity contribution in [2.45, 2.75) is 0 Å². The molecular weight excluding hydrogens is 245 g/mol. The van der Waals surface area contributed by atoms with Crippen LogP contribution in [0, 0.1) is 5.82 Å². The second-order valence-electron chi connectivity index (χ2n) is 3.97. The van der Waals surface area contributed by atoms with E-state index >= 15 is 0 Å². The van der Waals surface area contributed by atoms with E-state index < -0.39 is 5.82 Å². The number of hydrogen-bond donors (Lipinski definition) is 1. The molecule has 6 heteroatoms. The molecule has 5 nitrogen and oxygen atoms in total. The highest BCUT2D eigenvalue weighted by atomic mass is 19.1. The van der Waals surface area contributed by atoms with Crippen molar-refractivity contribution >= 4 is 5.69 Å². The maximum absolute atomic E-state index is 13.0. The van der Waals surface area contributed by atoms with Crippen LogP contribution in [0.2, 0.25) is 0 Å². The zero-order chi connectivity index (χ0) is 13.2. The van der Waals surface area contributed by atoms with E-state index in [9.17, 15) is 4.39 Å². The molecule has 0 amide bonds. The Labute approximate surface area is 108 Å². The average Bonchev–Trinajstić information content (AvgIpc) is 2.89. The van der Waals surface area contributed by atoms with Crippen molar-refractivity contribution in [3.63, 3.8) is 0 Å². The number of tetrazole rings is 1. The number of nitrogen functional groups attached to an aromatic ring is 1. The molecule has 3 aromatic rings. The molecule has 3 rings (SSSR count). The van der Waals surface area contributed by atoms with Gasteiger partial charge in [0.25, 0.3) is 0 Å². The van der Waals surface area contributed by atoms with Gasteiger partial charge in [-0.3, -0.25) is 0 Å². The van der Waals surface area contributed by atoms with Gasteiger partial charge < -0.3 is 5.73 Å². The van der Waals surface area contributed by atoms with Gasteiger partial charge in [-0.15, -0.1) is 15.0 Å². The Bertz CT molecular complexity index is 708. The van der Waals surface area contributed by atoms with E-state index in [-0.39, 0.29) is 5.69 Å². The molecule has 0 atom stereocenters. The van der Waals surface area contributed by atoms with Gasteiger partial charge in [-0.2, -0.15) is 0 Å². The zero-order valence-corrected chi connectivity index (χ0v) is 9.86. The van der Waals surface area contributed by atoms with Gasteiger partial charge in [0.05, 0.1) is 5.69 Å². The first-order valence-electron chi connectivity index (χ1n) is 5.65. The molecule has 0 saturated heterocycles. The smallest absolute Gasteiger partial charge is 0.205 e. The van der Waals surface area contributed by atoms with Crippen molar-refractivity contribution in [3.8, 4) is 17.1 Å². The Morgan fingerprint density at radius 3 is 2.58 bits per heavy atom. The Balaban J connectivity index is 2.02. The molecule has 94 valence electrons. The van der Waals surface area contributed by atoms with Gasteiger partial charge in [-0.05, 0) is 23.4 Å². The Morgan fingerprint density at radius 2 is 1.84 bits per heavy atom. The molecule has 0 saturated carbocycles. The van der Waals surface area contributed by atoms with Crippen LogP contribution in [0.1, 0.15) is 0 Å². The normalized spacial score (nSPS) is 10.6. The lowest BCUT2D eigenvalue weighted by Crippen LogP contribution is -2.03. The number of nitrogens with two attached hydrogens (primary N) is 1. The monoisotopic (exact) mass is 255 g/mol. The van der Waals surface area contributed by atoms with Crippen LogP contribution in [0.4, 0.5) is 10.1 Å². The van der Waals surface area contributed by atoms with Crippen LogP contribution in [-0.4, -0.2) is 20.2 Å². The SMILES string of the molecule is Nc1cc(F)ccc1-n1nnc(-c2ccccc2)n1. The zero-order valence-electron chi connectivity index (χ0n) is 9.86. The summed E-state index contributed by atoms with van der Waals surface area (Å²) in [4.78, 5) is 1.29. The fourth-order valence-corrected chi connectivity index (χ4v) is 1.73. The number of hydrogen-bond acceptors (Lipinski definition) is 4. The van der Waals surface area contributed by atoms with E-state index in [1.54, 1.807) is 0 Å². The number of anilines is 1. The summed E-state index contributed by atoms with van der Waals surface area (Å²) in [6.45, 7) is 0. The van der Waals surface area contributed by atoms with Crippen molar-refractivity contribution in [1.29, 1.82) is 0 Å². The molecule has 0 aliphatic rings. The highest BCUT2D eigenvalue weighted by molar-refractivity contribution is 5.58. The molecular formula is C13H10FN5. The molecule has 0 bridgehead atoms. The molecule has 1 aromatic heterocycles. The second kappa shape index (κ2) is 4.49. The largest absolute Gasteiger partial charge is 0.397 e. The topological polar surface area (TPSA) is 69.6 Å². The molecule has 19 heavy (non-hydrogen) atoms. The van der Waals surface area contributed by atoms with E-state index in [0.29, 0.717) is 11.5 Å². The third-order valence-electron chi connectivity index (χ3n) is 2.65. The van der Waals surface area contributed by atoms with Crippen molar-refractivity contribution < 1.29 is 4.39 Å². The van der Waals surface area contributed by atoms with Gasteiger partial charge in [0.2, 0.25) is 5.82 Å².